The van der Waals surface area contributed by atoms with Crippen molar-refractivity contribution in [2.75, 3.05) is 24.7 Å². The van der Waals surface area contributed by atoms with Crippen LogP contribution in [0.15, 0.2) is 0 Å². The monoisotopic (exact) mass is 263 g/mol. The summed E-state index contributed by atoms with van der Waals surface area (Å²) in [6.07, 6.45) is 4.63. The summed E-state index contributed by atoms with van der Waals surface area (Å²) < 4.78 is 28.2. The summed E-state index contributed by atoms with van der Waals surface area (Å²) in [6.45, 7) is 5.17. The van der Waals surface area contributed by atoms with Crippen LogP contribution >= 0.6 is 0 Å². The van der Waals surface area contributed by atoms with Crippen molar-refractivity contribution in [2.45, 2.75) is 51.7 Å². The highest BCUT2D eigenvalue weighted by atomic mass is 32.2. The second kappa shape index (κ2) is 7.34. The molecule has 0 radical (unpaired) electrons. The Morgan fingerprint density at radius 1 is 1.18 bits per heavy atom. The number of hydrogen-bond acceptors (Lipinski definition) is 4. The lowest BCUT2D eigenvalue weighted by Crippen LogP contribution is -2.35. The van der Waals surface area contributed by atoms with Gasteiger partial charge in [-0.1, -0.05) is 13.8 Å². The second-order valence-electron chi connectivity index (χ2n) is 4.64. The van der Waals surface area contributed by atoms with E-state index in [4.69, 9.17) is 4.74 Å². The number of nitrogens with one attached hydrogen (secondary N) is 1. The Kier molecular flexibility index (Phi) is 6.44. The fraction of sp³-hybridized carbons (Fsp3) is 1.00. The lowest BCUT2D eigenvalue weighted by molar-refractivity contribution is 0.0316. The maximum atomic E-state index is 11.3. The standard InChI is InChI=1S/C12H25NO3S/c1-3-13-11-5-7-12(8-6-11)16-9-10-17(14,15)4-2/h11-13H,3-10H2,1-2H3. The first-order chi connectivity index (χ1) is 8.07. The van der Waals surface area contributed by atoms with Crippen LogP contribution in [0.1, 0.15) is 39.5 Å². The van der Waals surface area contributed by atoms with E-state index in [-0.39, 0.29) is 17.6 Å². The zero-order valence-corrected chi connectivity index (χ0v) is 11.8. The molecule has 1 aliphatic carbocycles. The third-order valence-corrected chi connectivity index (χ3v) is 5.02. The van der Waals surface area contributed by atoms with Gasteiger partial charge >= 0.3 is 0 Å². The van der Waals surface area contributed by atoms with Crippen LogP contribution in [-0.2, 0) is 14.6 Å². The Balaban J connectivity index is 2.14. The Bertz CT molecular complexity index is 295. The van der Waals surface area contributed by atoms with Crippen LogP contribution in [0.5, 0.6) is 0 Å². The summed E-state index contributed by atoms with van der Waals surface area (Å²) in [5, 5.41) is 3.44. The van der Waals surface area contributed by atoms with E-state index in [1.54, 1.807) is 6.92 Å². The lowest BCUT2D eigenvalue weighted by Gasteiger charge is -2.28. The molecular formula is C12H25NO3S. The fourth-order valence-electron chi connectivity index (χ4n) is 2.21. The van der Waals surface area contributed by atoms with E-state index in [0.29, 0.717) is 12.6 Å². The molecule has 0 aromatic rings. The highest BCUT2D eigenvalue weighted by Gasteiger charge is 2.21. The third-order valence-electron chi connectivity index (χ3n) is 3.35. The van der Waals surface area contributed by atoms with Gasteiger partial charge in [0.1, 0.15) is 0 Å². The van der Waals surface area contributed by atoms with E-state index in [0.717, 1.165) is 32.2 Å². The van der Waals surface area contributed by atoms with Crippen LogP contribution in [0.3, 0.4) is 0 Å². The summed E-state index contributed by atoms with van der Waals surface area (Å²) in [6, 6.07) is 0.624. The van der Waals surface area contributed by atoms with Crippen molar-refractivity contribution in [2.24, 2.45) is 0 Å². The zero-order valence-electron chi connectivity index (χ0n) is 10.9. The highest BCUT2D eigenvalue weighted by Crippen LogP contribution is 2.21. The van der Waals surface area contributed by atoms with Gasteiger partial charge < -0.3 is 10.1 Å². The second-order valence-corrected chi connectivity index (χ2v) is 7.11. The Hall–Kier alpha value is -0.130. The van der Waals surface area contributed by atoms with E-state index in [1.165, 1.54) is 0 Å². The fourth-order valence-corrected chi connectivity index (χ4v) is 2.85. The molecule has 5 heteroatoms. The van der Waals surface area contributed by atoms with E-state index < -0.39 is 9.84 Å². The minimum atomic E-state index is -2.88. The quantitative estimate of drug-likeness (QED) is 0.753. The molecule has 0 aromatic heterocycles. The molecule has 0 aromatic carbocycles. The molecule has 0 amide bonds. The van der Waals surface area contributed by atoms with Gasteiger partial charge in [-0.15, -0.1) is 0 Å². The first-order valence-electron chi connectivity index (χ1n) is 6.62. The topological polar surface area (TPSA) is 55.4 Å². The molecular weight excluding hydrogens is 238 g/mol. The molecule has 0 atom stereocenters. The van der Waals surface area contributed by atoms with Crippen LogP contribution in [0, 0.1) is 0 Å². The van der Waals surface area contributed by atoms with Crippen molar-refractivity contribution in [1.29, 1.82) is 0 Å². The molecule has 0 spiro atoms. The maximum absolute atomic E-state index is 11.3. The van der Waals surface area contributed by atoms with E-state index >= 15 is 0 Å². The van der Waals surface area contributed by atoms with Gasteiger partial charge in [-0.25, -0.2) is 8.42 Å². The minimum absolute atomic E-state index is 0.163. The van der Waals surface area contributed by atoms with Gasteiger partial charge in [-0.2, -0.15) is 0 Å². The van der Waals surface area contributed by atoms with Gasteiger partial charge in [0.05, 0.1) is 18.5 Å². The predicted molar refractivity (Wildman–Crippen MR) is 70.0 cm³/mol. The summed E-state index contributed by atoms with van der Waals surface area (Å²) in [4.78, 5) is 0. The minimum Gasteiger partial charge on any atom is -0.377 e. The molecule has 0 unspecified atom stereocenters. The molecule has 1 saturated carbocycles. The van der Waals surface area contributed by atoms with Crippen LogP contribution in [0.4, 0.5) is 0 Å². The summed E-state index contributed by atoms with van der Waals surface area (Å²) in [5.41, 5.74) is 0. The number of rotatable bonds is 7. The molecule has 102 valence electrons. The molecule has 17 heavy (non-hydrogen) atoms. The summed E-state index contributed by atoms with van der Waals surface area (Å²) >= 11 is 0. The molecule has 0 bridgehead atoms. The number of ether oxygens (including phenoxy) is 1. The molecule has 1 aliphatic rings. The molecule has 0 aliphatic heterocycles. The van der Waals surface area contributed by atoms with Gasteiger partial charge in [0.25, 0.3) is 0 Å². The molecule has 1 N–H and O–H groups in total. The van der Waals surface area contributed by atoms with Gasteiger partial charge in [0.15, 0.2) is 9.84 Å². The zero-order chi connectivity index (χ0) is 12.7. The van der Waals surface area contributed by atoms with Crippen molar-refractivity contribution in [1.82, 2.24) is 5.32 Å². The van der Waals surface area contributed by atoms with Crippen LogP contribution in [-0.4, -0.2) is 45.2 Å². The van der Waals surface area contributed by atoms with Gasteiger partial charge in [-0.05, 0) is 32.2 Å². The summed E-state index contributed by atoms with van der Waals surface area (Å²) in [5.74, 6) is 0.375. The summed E-state index contributed by atoms with van der Waals surface area (Å²) in [7, 11) is -2.88. The van der Waals surface area contributed by atoms with Crippen molar-refractivity contribution in [3.05, 3.63) is 0 Å². The first kappa shape index (κ1) is 14.9. The average molecular weight is 263 g/mol. The normalized spacial score (nSPS) is 26.0. The van der Waals surface area contributed by atoms with Gasteiger partial charge in [0.2, 0.25) is 0 Å². The van der Waals surface area contributed by atoms with E-state index in [1.807, 2.05) is 0 Å². The van der Waals surface area contributed by atoms with Crippen molar-refractivity contribution < 1.29 is 13.2 Å². The third kappa shape index (κ3) is 5.84. The van der Waals surface area contributed by atoms with Crippen LogP contribution in [0.25, 0.3) is 0 Å². The van der Waals surface area contributed by atoms with Crippen molar-refractivity contribution in [3.8, 4) is 0 Å². The van der Waals surface area contributed by atoms with Crippen LogP contribution in [0.2, 0.25) is 0 Å². The van der Waals surface area contributed by atoms with Crippen molar-refractivity contribution in [3.63, 3.8) is 0 Å². The smallest absolute Gasteiger partial charge is 0.152 e. The Labute approximate surface area is 105 Å². The highest BCUT2D eigenvalue weighted by molar-refractivity contribution is 7.91. The number of sulfone groups is 1. The van der Waals surface area contributed by atoms with E-state index in [9.17, 15) is 8.42 Å². The Morgan fingerprint density at radius 2 is 1.82 bits per heavy atom. The average Bonchev–Trinajstić information content (AvgIpc) is 2.32. The van der Waals surface area contributed by atoms with Crippen molar-refractivity contribution >= 4 is 9.84 Å². The van der Waals surface area contributed by atoms with Gasteiger partial charge in [0, 0.05) is 11.8 Å². The molecule has 0 saturated heterocycles. The molecule has 1 fully saturated rings. The number of hydrogen-bond donors (Lipinski definition) is 1. The predicted octanol–water partition coefficient (Wildman–Crippen LogP) is 1.36. The largest absolute Gasteiger partial charge is 0.377 e. The maximum Gasteiger partial charge on any atom is 0.152 e. The van der Waals surface area contributed by atoms with E-state index in [2.05, 4.69) is 12.2 Å². The first-order valence-corrected chi connectivity index (χ1v) is 8.45. The SMILES string of the molecule is CCNC1CCC(OCCS(=O)(=O)CC)CC1. The van der Waals surface area contributed by atoms with Gasteiger partial charge in [-0.3, -0.25) is 0 Å². The Morgan fingerprint density at radius 3 is 2.35 bits per heavy atom. The molecule has 0 heterocycles. The van der Waals surface area contributed by atoms with Crippen LogP contribution < -0.4 is 5.32 Å². The molecule has 1 rings (SSSR count). The lowest BCUT2D eigenvalue weighted by atomic mass is 9.93. The molecule has 4 nitrogen and oxygen atoms in total.